The predicted octanol–water partition coefficient (Wildman–Crippen LogP) is 3.95. The van der Waals surface area contributed by atoms with Gasteiger partial charge in [0.05, 0.1) is 0 Å². The maximum Gasteiger partial charge on any atom is 0.203 e. The van der Waals surface area contributed by atoms with Crippen molar-refractivity contribution in [2.45, 2.75) is 52.5 Å². The van der Waals surface area contributed by atoms with Crippen LogP contribution in [0.15, 0.2) is 12.4 Å². The fraction of sp³-hybridized carbons (Fsp3) is 0.812. The van der Waals surface area contributed by atoms with Crippen LogP contribution in [0.5, 0.6) is 0 Å². The Hall–Kier alpha value is -0.990. The highest BCUT2D eigenvalue weighted by Crippen LogP contribution is 2.52. The van der Waals surface area contributed by atoms with Crippen LogP contribution in [0.3, 0.4) is 0 Å². The van der Waals surface area contributed by atoms with E-state index in [9.17, 15) is 0 Å². The lowest BCUT2D eigenvalue weighted by Gasteiger charge is -2.30. The number of nitrogens with zero attached hydrogens (tertiary/aromatic N) is 2. The molecule has 106 valence electrons. The molecule has 4 unspecified atom stereocenters. The summed E-state index contributed by atoms with van der Waals surface area (Å²) in [6.45, 7) is 7.85. The monoisotopic (exact) mass is 261 g/mol. The number of anilines is 1. The van der Waals surface area contributed by atoms with E-state index in [-0.39, 0.29) is 0 Å². The molecule has 0 aliphatic heterocycles. The van der Waals surface area contributed by atoms with Crippen LogP contribution >= 0.6 is 0 Å². The van der Waals surface area contributed by atoms with Crippen LogP contribution in [-0.4, -0.2) is 16.1 Å². The van der Waals surface area contributed by atoms with Crippen LogP contribution in [0.25, 0.3) is 0 Å². The average Bonchev–Trinajstić information content (AvgIpc) is 3.10. The predicted molar refractivity (Wildman–Crippen MR) is 79.2 cm³/mol. The van der Waals surface area contributed by atoms with E-state index in [0.717, 1.165) is 30.2 Å². The second-order valence-corrected chi connectivity index (χ2v) is 7.01. The van der Waals surface area contributed by atoms with E-state index < -0.39 is 0 Å². The Labute approximate surface area is 116 Å². The molecule has 0 radical (unpaired) electrons. The van der Waals surface area contributed by atoms with E-state index in [4.69, 9.17) is 0 Å². The molecule has 0 spiro atoms. The van der Waals surface area contributed by atoms with Crippen LogP contribution < -0.4 is 5.32 Å². The van der Waals surface area contributed by atoms with Gasteiger partial charge in [-0.2, -0.15) is 0 Å². The van der Waals surface area contributed by atoms with Gasteiger partial charge in [0.2, 0.25) is 5.95 Å². The number of hydrogen-bond acceptors (Lipinski definition) is 2. The minimum absolute atomic E-state index is 0.590. The first-order valence-electron chi connectivity index (χ1n) is 7.92. The van der Waals surface area contributed by atoms with Gasteiger partial charge in [-0.1, -0.05) is 20.3 Å². The van der Waals surface area contributed by atoms with Gasteiger partial charge in [-0.15, -0.1) is 0 Å². The highest BCUT2D eigenvalue weighted by atomic mass is 15.2. The van der Waals surface area contributed by atoms with Crippen LogP contribution in [0.1, 0.15) is 52.5 Å². The Morgan fingerprint density at radius 1 is 1.32 bits per heavy atom. The Bertz CT molecular complexity index is 423. The molecule has 1 heterocycles. The van der Waals surface area contributed by atoms with Crippen molar-refractivity contribution in [1.82, 2.24) is 9.55 Å². The molecule has 2 saturated carbocycles. The van der Waals surface area contributed by atoms with Gasteiger partial charge in [-0.25, -0.2) is 4.98 Å². The third-order valence-corrected chi connectivity index (χ3v) is 5.19. The molecule has 1 N–H and O–H groups in total. The highest BCUT2D eigenvalue weighted by Gasteiger charge is 2.42. The standard InChI is InChI=1S/C16H27N3/c1-11(2)10-18-16-17-6-7-19(16)12(3)15-9-13-4-5-14(15)8-13/h6-7,11-15H,4-5,8-10H2,1-3H3,(H,17,18). The van der Waals surface area contributed by atoms with Gasteiger partial charge in [0.25, 0.3) is 0 Å². The van der Waals surface area contributed by atoms with Crippen molar-refractivity contribution < 1.29 is 0 Å². The number of fused-ring (bicyclic) bond motifs is 2. The Balaban J connectivity index is 1.69. The van der Waals surface area contributed by atoms with Gasteiger partial charge < -0.3 is 9.88 Å². The minimum Gasteiger partial charge on any atom is -0.355 e. The highest BCUT2D eigenvalue weighted by molar-refractivity contribution is 5.27. The Morgan fingerprint density at radius 3 is 2.79 bits per heavy atom. The van der Waals surface area contributed by atoms with Crippen molar-refractivity contribution in [3.8, 4) is 0 Å². The van der Waals surface area contributed by atoms with Crippen LogP contribution in [0.4, 0.5) is 5.95 Å². The molecule has 2 bridgehead atoms. The maximum absolute atomic E-state index is 4.49. The number of nitrogens with one attached hydrogen (secondary N) is 1. The molecule has 0 saturated heterocycles. The van der Waals surface area contributed by atoms with Crippen LogP contribution in [0.2, 0.25) is 0 Å². The number of imidazole rings is 1. The fourth-order valence-corrected chi connectivity index (χ4v) is 4.17. The summed E-state index contributed by atoms with van der Waals surface area (Å²) in [4.78, 5) is 4.49. The third kappa shape index (κ3) is 2.52. The molecule has 3 heteroatoms. The molecule has 1 aromatic heterocycles. The third-order valence-electron chi connectivity index (χ3n) is 5.19. The van der Waals surface area contributed by atoms with Crippen molar-refractivity contribution in [2.75, 3.05) is 11.9 Å². The van der Waals surface area contributed by atoms with E-state index in [2.05, 4.69) is 41.8 Å². The van der Waals surface area contributed by atoms with E-state index in [1.807, 2.05) is 6.20 Å². The number of aromatic nitrogens is 2. The van der Waals surface area contributed by atoms with Crippen molar-refractivity contribution in [1.29, 1.82) is 0 Å². The second-order valence-electron chi connectivity index (χ2n) is 7.01. The lowest BCUT2D eigenvalue weighted by Crippen LogP contribution is -2.23. The number of hydrogen-bond donors (Lipinski definition) is 1. The van der Waals surface area contributed by atoms with Gasteiger partial charge in [-0.3, -0.25) is 0 Å². The lowest BCUT2D eigenvalue weighted by molar-refractivity contribution is 0.244. The average molecular weight is 261 g/mol. The van der Waals surface area contributed by atoms with Crippen molar-refractivity contribution >= 4 is 5.95 Å². The lowest BCUT2D eigenvalue weighted by atomic mass is 9.84. The first-order chi connectivity index (χ1) is 9.15. The van der Waals surface area contributed by atoms with Gasteiger partial charge in [0.15, 0.2) is 0 Å². The summed E-state index contributed by atoms with van der Waals surface area (Å²) >= 11 is 0. The molecule has 1 aromatic rings. The van der Waals surface area contributed by atoms with E-state index in [0.29, 0.717) is 12.0 Å². The molecule has 3 nitrogen and oxygen atoms in total. The zero-order valence-corrected chi connectivity index (χ0v) is 12.5. The molecule has 2 aliphatic carbocycles. The summed E-state index contributed by atoms with van der Waals surface area (Å²) in [6.07, 6.45) is 9.96. The summed E-state index contributed by atoms with van der Waals surface area (Å²) in [5.41, 5.74) is 0. The Kier molecular flexibility index (Phi) is 3.55. The van der Waals surface area contributed by atoms with E-state index >= 15 is 0 Å². The fourth-order valence-electron chi connectivity index (χ4n) is 4.17. The quantitative estimate of drug-likeness (QED) is 0.869. The first-order valence-corrected chi connectivity index (χ1v) is 7.92. The molecule has 0 amide bonds. The maximum atomic E-state index is 4.49. The van der Waals surface area contributed by atoms with E-state index in [1.54, 1.807) is 0 Å². The smallest absolute Gasteiger partial charge is 0.203 e. The zero-order valence-electron chi connectivity index (χ0n) is 12.5. The van der Waals surface area contributed by atoms with Gasteiger partial charge in [-0.05, 0) is 49.9 Å². The minimum atomic E-state index is 0.590. The SMILES string of the molecule is CC(C)CNc1nccn1C(C)C1CC2CCC1C2. The molecule has 4 atom stereocenters. The van der Waals surface area contributed by atoms with Gasteiger partial charge in [0, 0.05) is 25.0 Å². The normalized spacial score (nSPS) is 31.1. The Morgan fingerprint density at radius 2 is 2.16 bits per heavy atom. The van der Waals surface area contributed by atoms with Gasteiger partial charge in [0.1, 0.15) is 0 Å². The molecule has 2 fully saturated rings. The second kappa shape index (κ2) is 5.18. The summed E-state index contributed by atoms with van der Waals surface area (Å²) in [7, 11) is 0. The first kappa shape index (κ1) is 13.0. The topological polar surface area (TPSA) is 29.9 Å². The van der Waals surface area contributed by atoms with Crippen molar-refractivity contribution in [3.05, 3.63) is 12.4 Å². The van der Waals surface area contributed by atoms with E-state index in [1.165, 1.54) is 25.7 Å². The molecule has 2 aliphatic rings. The van der Waals surface area contributed by atoms with Crippen molar-refractivity contribution in [3.63, 3.8) is 0 Å². The summed E-state index contributed by atoms with van der Waals surface area (Å²) < 4.78 is 2.37. The van der Waals surface area contributed by atoms with Crippen LogP contribution in [-0.2, 0) is 0 Å². The molecular formula is C16H27N3. The molecule has 19 heavy (non-hydrogen) atoms. The molecular weight excluding hydrogens is 234 g/mol. The van der Waals surface area contributed by atoms with Crippen LogP contribution in [0, 0.1) is 23.7 Å². The molecule has 3 rings (SSSR count). The zero-order chi connectivity index (χ0) is 13.4. The van der Waals surface area contributed by atoms with Crippen molar-refractivity contribution in [2.24, 2.45) is 23.7 Å². The summed E-state index contributed by atoms with van der Waals surface area (Å²) in [5, 5.41) is 3.49. The summed E-state index contributed by atoms with van der Waals surface area (Å²) in [6, 6.07) is 0.590. The summed E-state index contributed by atoms with van der Waals surface area (Å²) in [5.74, 6) is 4.58. The van der Waals surface area contributed by atoms with Gasteiger partial charge >= 0.3 is 0 Å². The number of rotatable bonds is 5. The largest absolute Gasteiger partial charge is 0.355 e. The molecule has 0 aromatic carbocycles.